The first-order chi connectivity index (χ1) is 13.6. The standard InChI is InChI=1S/C21H27N5O2/c1-25-11-13-26(14-12-25)19-8-7-18(16-23-19)24-20(27)9-10-22-21(28)15-17-5-3-2-4-6-17/h2-8,16H,9-15H2,1H3,(H,22,28)(H,24,27). The van der Waals surface area contributed by atoms with Gasteiger partial charge in [0.25, 0.3) is 0 Å². The Bertz CT molecular complexity index is 771. The number of hydrogen-bond acceptors (Lipinski definition) is 5. The SMILES string of the molecule is CN1CCN(c2ccc(NC(=O)CCNC(=O)Cc3ccccc3)cn2)CC1. The van der Waals surface area contributed by atoms with Crippen LogP contribution in [-0.2, 0) is 16.0 Å². The predicted octanol–water partition coefficient (Wildman–Crippen LogP) is 1.52. The maximum absolute atomic E-state index is 12.1. The van der Waals surface area contributed by atoms with E-state index in [9.17, 15) is 9.59 Å². The number of hydrogen-bond donors (Lipinski definition) is 2. The smallest absolute Gasteiger partial charge is 0.226 e. The van der Waals surface area contributed by atoms with Gasteiger partial charge in [-0.15, -0.1) is 0 Å². The summed E-state index contributed by atoms with van der Waals surface area (Å²) in [6, 6.07) is 13.3. The summed E-state index contributed by atoms with van der Waals surface area (Å²) in [5.41, 5.74) is 1.62. The third-order valence-electron chi connectivity index (χ3n) is 4.74. The topological polar surface area (TPSA) is 77.6 Å². The fourth-order valence-electron chi connectivity index (χ4n) is 3.07. The van der Waals surface area contributed by atoms with Gasteiger partial charge in [0, 0.05) is 39.1 Å². The van der Waals surface area contributed by atoms with Crippen LogP contribution in [-0.4, -0.2) is 61.5 Å². The van der Waals surface area contributed by atoms with E-state index in [1.807, 2.05) is 42.5 Å². The third kappa shape index (κ3) is 6.06. The van der Waals surface area contributed by atoms with Crippen molar-refractivity contribution in [2.24, 2.45) is 0 Å². The minimum atomic E-state index is -0.144. The van der Waals surface area contributed by atoms with Crippen molar-refractivity contribution in [1.29, 1.82) is 0 Å². The summed E-state index contributed by atoms with van der Waals surface area (Å²) in [6.07, 6.45) is 2.22. The van der Waals surface area contributed by atoms with E-state index in [0.717, 1.165) is 37.6 Å². The zero-order valence-electron chi connectivity index (χ0n) is 16.2. The molecule has 0 unspecified atom stereocenters. The molecule has 2 amide bonds. The molecule has 1 aliphatic rings. The van der Waals surface area contributed by atoms with Crippen molar-refractivity contribution < 1.29 is 9.59 Å². The average molecular weight is 381 g/mol. The van der Waals surface area contributed by atoms with Gasteiger partial charge in [0.1, 0.15) is 5.82 Å². The van der Waals surface area contributed by atoms with Crippen molar-refractivity contribution in [1.82, 2.24) is 15.2 Å². The normalized spacial score (nSPS) is 14.5. The largest absolute Gasteiger partial charge is 0.355 e. The van der Waals surface area contributed by atoms with Crippen LogP contribution >= 0.6 is 0 Å². The average Bonchev–Trinajstić information content (AvgIpc) is 2.70. The van der Waals surface area contributed by atoms with E-state index < -0.39 is 0 Å². The molecule has 1 aliphatic heterocycles. The summed E-state index contributed by atoms with van der Waals surface area (Å²) >= 11 is 0. The maximum atomic E-state index is 12.1. The lowest BCUT2D eigenvalue weighted by molar-refractivity contribution is -0.120. The number of piperazine rings is 1. The van der Waals surface area contributed by atoms with Crippen molar-refractivity contribution in [2.45, 2.75) is 12.8 Å². The Labute approximate surface area is 165 Å². The zero-order valence-corrected chi connectivity index (χ0v) is 16.2. The lowest BCUT2D eigenvalue weighted by Crippen LogP contribution is -2.44. The highest BCUT2D eigenvalue weighted by Gasteiger charge is 2.15. The van der Waals surface area contributed by atoms with Crippen molar-refractivity contribution in [2.75, 3.05) is 50.0 Å². The Morgan fingerprint density at radius 2 is 1.75 bits per heavy atom. The first kappa shape index (κ1) is 19.8. The molecule has 1 aromatic heterocycles. The van der Waals surface area contributed by atoms with Gasteiger partial charge in [-0.3, -0.25) is 9.59 Å². The van der Waals surface area contributed by atoms with Crippen LogP contribution in [0, 0.1) is 0 Å². The predicted molar refractivity (Wildman–Crippen MR) is 110 cm³/mol. The van der Waals surface area contributed by atoms with Crippen molar-refractivity contribution in [3.8, 4) is 0 Å². The molecule has 2 heterocycles. The van der Waals surface area contributed by atoms with Gasteiger partial charge in [0.2, 0.25) is 11.8 Å². The molecular weight excluding hydrogens is 354 g/mol. The fourth-order valence-corrected chi connectivity index (χ4v) is 3.07. The van der Waals surface area contributed by atoms with Crippen LogP contribution in [0.25, 0.3) is 0 Å². The van der Waals surface area contributed by atoms with Gasteiger partial charge in [-0.1, -0.05) is 30.3 Å². The third-order valence-corrected chi connectivity index (χ3v) is 4.74. The van der Waals surface area contributed by atoms with Gasteiger partial charge in [0.15, 0.2) is 0 Å². The quantitative estimate of drug-likeness (QED) is 0.760. The van der Waals surface area contributed by atoms with E-state index in [0.29, 0.717) is 18.7 Å². The first-order valence-electron chi connectivity index (χ1n) is 9.60. The molecule has 0 saturated carbocycles. The minimum Gasteiger partial charge on any atom is -0.355 e. The molecule has 2 aromatic rings. The number of carbonyl (C=O) groups excluding carboxylic acids is 2. The van der Waals surface area contributed by atoms with Crippen LogP contribution in [0.5, 0.6) is 0 Å². The van der Waals surface area contributed by atoms with Crippen LogP contribution in [0.15, 0.2) is 48.7 Å². The number of amides is 2. The lowest BCUT2D eigenvalue weighted by Gasteiger charge is -2.33. The van der Waals surface area contributed by atoms with Gasteiger partial charge in [-0.25, -0.2) is 4.98 Å². The number of pyridine rings is 1. The Morgan fingerprint density at radius 1 is 1.00 bits per heavy atom. The first-order valence-corrected chi connectivity index (χ1v) is 9.60. The highest BCUT2D eigenvalue weighted by molar-refractivity contribution is 5.91. The lowest BCUT2D eigenvalue weighted by atomic mass is 10.1. The van der Waals surface area contributed by atoms with Gasteiger partial charge in [-0.05, 0) is 24.7 Å². The van der Waals surface area contributed by atoms with E-state index in [1.165, 1.54) is 0 Å². The molecule has 1 fully saturated rings. The summed E-state index contributed by atoms with van der Waals surface area (Å²) in [4.78, 5) is 33.0. The van der Waals surface area contributed by atoms with E-state index in [4.69, 9.17) is 0 Å². The molecule has 0 bridgehead atoms. The summed E-state index contributed by atoms with van der Waals surface area (Å²) in [5.74, 6) is 0.700. The Morgan fingerprint density at radius 3 is 2.43 bits per heavy atom. The van der Waals surface area contributed by atoms with Crippen LogP contribution in [0.3, 0.4) is 0 Å². The number of nitrogens with one attached hydrogen (secondary N) is 2. The molecule has 0 atom stereocenters. The molecule has 3 rings (SSSR count). The number of benzene rings is 1. The summed E-state index contributed by atoms with van der Waals surface area (Å²) in [5, 5.41) is 5.60. The fraction of sp³-hybridized carbons (Fsp3) is 0.381. The maximum Gasteiger partial charge on any atom is 0.226 e. The molecule has 0 spiro atoms. The zero-order chi connectivity index (χ0) is 19.8. The number of rotatable bonds is 7. The highest BCUT2D eigenvalue weighted by atomic mass is 16.2. The number of anilines is 2. The minimum absolute atomic E-state index is 0.0859. The van der Waals surface area contributed by atoms with Gasteiger partial charge in [0.05, 0.1) is 18.3 Å². The molecule has 1 aromatic carbocycles. The highest BCUT2D eigenvalue weighted by Crippen LogP contribution is 2.15. The van der Waals surface area contributed by atoms with E-state index in [2.05, 4.69) is 32.5 Å². The van der Waals surface area contributed by atoms with Crippen molar-refractivity contribution in [3.63, 3.8) is 0 Å². The van der Waals surface area contributed by atoms with Crippen molar-refractivity contribution >= 4 is 23.3 Å². The second-order valence-electron chi connectivity index (χ2n) is 7.01. The molecule has 0 radical (unpaired) electrons. The molecule has 7 nitrogen and oxygen atoms in total. The van der Waals surface area contributed by atoms with E-state index in [1.54, 1.807) is 6.20 Å². The molecule has 0 aliphatic carbocycles. The number of aromatic nitrogens is 1. The van der Waals surface area contributed by atoms with E-state index in [-0.39, 0.29) is 18.2 Å². The van der Waals surface area contributed by atoms with Crippen LogP contribution in [0.4, 0.5) is 11.5 Å². The Kier molecular flexibility index (Phi) is 6.97. The van der Waals surface area contributed by atoms with Crippen LogP contribution in [0.2, 0.25) is 0 Å². The number of carbonyl (C=O) groups is 2. The molecule has 2 N–H and O–H groups in total. The number of nitrogens with zero attached hydrogens (tertiary/aromatic N) is 3. The molecule has 148 valence electrons. The van der Waals surface area contributed by atoms with Gasteiger partial charge >= 0.3 is 0 Å². The number of likely N-dealkylation sites (N-methyl/N-ethyl adjacent to an activating group) is 1. The van der Waals surface area contributed by atoms with E-state index >= 15 is 0 Å². The van der Waals surface area contributed by atoms with Crippen LogP contribution in [0.1, 0.15) is 12.0 Å². The second-order valence-corrected chi connectivity index (χ2v) is 7.01. The van der Waals surface area contributed by atoms with Gasteiger partial charge in [-0.2, -0.15) is 0 Å². The Hall–Kier alpha value is -2.93. The summed E-state index contributed by atoms with van der Waals surface area (Å²) in [6.45, 7) is 4.27. The van der Waals surface area contributed by atoms with Crippen molar-refractivity contribution in [3.05, 3.63) is 54.2 Å². The summed E-state index contributed by atoms with van der Waals surface area (Å²) in [7, 11) is 2.12. The summed E-state index contributed by atoms with van der Waals surface area (Å²) < 4.78 is 0. The monoisotopic (exact) mass is 381 g/mol. The molecular formula is C21H27N5O2. The van der Waals surface area contributed by atoms with Gasteiger partial charge < -0.3 is 20.4 Å². The molecule has 7 heteroatoms. The molecule has 1 saturated heterocycles. The second kappa shape index (κ2) is 9.85. The molecule has 28 heavy (non-hydrogen) atoms. The Balaban J connectivity index is 1.38. The van der Waals surface area contributed by atoms with Crippen LogP contribution < -0.4 is 15.5 Å².